The van der Waals surface area contributed by atoms with Gasteiger partial charge in [0, 0.05) is 44.1 Å². The summed E-state index contributed by atoms with van der Waals surface area (Å²) in [6.45, 7) is 4.13. The van der Waals surface area contributed by atoms with E-state index < -0.39 is 5.41 Å². The van der Waals surface area contributed by atoms with E-state index in [1.54, 1.807) is 0 Å². The maximum absolute atomic E-state index is 6.87. The topological polar surface area (TPSA) is 29.5 Å². The largest absolute Gasteiger partial charge is 0.456 e. The van der Waals surface area contributed by atoms with E-state index in [9.17, 15) is 0 Å². The Labute approximate surface area is 335 Å². The summed E-state index contributed by atoms with van der Waals surface area (Å²) in [6, 6.07) is 65.4. The van der Waals surface area contributed by atoms with Crippen molar-refractivity contribution < 1.29 is 8.83 Å². The van der Waals surface area contributed by atoms with Crippen molar-refractivity contribution >= 4 is 60.8 Å². The first kappa shape index (κ1) is 32.6. The van der Waals surface area contributed by atoms with Crippen molar-refractivity contribution in [3.63, 3.8) is 0 Å². The van der Waals surface area contributed by atoms with Crippen LogP contribution in [0.15, 0.2) is 221 Å². The van der Waals surface area contributed by atoms with Crippen LogP contribution < -0.4 is 4.90 Å². The molecular weight excluding hydrogens is 707 g/mol. The molecule has 272 valence electrons. The summed E-state index contributed by atoms with van der Waals surface area (Å²) >= 11 is 0. The predicted molar refractivity (Wildman–Crippen MR) is 239 cm³/mol. The van der Waals surface area contributed by atoms with Crippen molar-refractivity contribution in [2.24, 2.45) is 0 Å². The molecule has 0 aliphatic heterocycles. The summed E-state index contributed by atoms with van der Waals surface area (Å²) in [5.41, 5.74) is 16.7. The molecule has 1 unspecified atom stereocenters. The van der Waals surface area contributed by atoms with Crippen LogP contribution in [0, 0.1) is 0 Å². The average Bonchev–Trinajstić information content (AvgIpc) is 4.01. The van der Waals surface area contributed by atoms with Gasteiger partial charge in [-0.05, 0) is 81.4 Å². The number of benzene rings is 8. The zero-order valence-corrected chi connectivity index (χ0v) is 31.5. The quantitative estimate of drug-likeness (QED) is 0.159. The maximum atomic E-state index is 6.87. The second-order valence-corrected chi connectivity index (χ2v) is 15.2. The smallest absolute Gasteiger partial charge is 0.143 e. The Bertz CT molecular complexity index is 3360. The molecule has 1 atom stereocenters. The molecule has 0 amide bonds. The molecule has 0 saturated heterocycles. The fourth-order valence-electron chi connectivity index (χ4n) is 9.90. The van der Waals surface area contributed by atoms with Gasteiger partial charge in [0.2, 0.25) is 0 Å². The molecule has 58 heavy (non-hydrogen) atoms. The van der Waals surface area contributed by atoms with E-state index in [1.807, 2.05) is 24.3 Å². The van der Waals surface area contributed by atoms with Crippen LogP contribution in [0.2, 0.25) is 0 Å². The van der Waals surface area contributed by atoms with Crippen LogP contribution in [0.5, 0.6) is 0 Å². The Morgan fingerprint density at radius 1 is 0.466 bits per heavy atom. The zero-order chi connectivity index (χ0) is 38.4. The first-order valence-corrected chi connectivity index (χ1v) is 19.8. The molecule has 0 radical (unpaired) electrons. The fraction of sp³-hybridized carbons (Fsp3) is 0.0182. The van der Waals surface area contributed by atoms with Gasteiger partial charge in [-0.2, -0.15) is 0 Å². The van der Waals surface area contributed by atoms with Crippen molar-refractivity contribution in [3.8, 4) is 22.3 Å². The Hall–Kier alpha value is -7.62. The van der Waals surface area contributed by atoms with E-state index in [-0.39, 0.29) is 0 Å². The molecule has 12 rings (SSSR count). The standard InChI is InChI=1S/C55H35NO2/c1-2-3-17-43-39-18-7-11-22-46(39)55(47-23-12-8-21-44(47)52-48(55)32-31-42-40-19-9-14-25-50(40)58-53(42)52)54(43)56(37-28-26-36(27-29-37)35-15-5-4-6-16-35)38-30-33-51-45(34-38)41-20-10-13-24-49(41)57-51/h2-34H,1H2/b17-3-. The number of nitrogens with zero attached hydrogens (tertiary/aromatic N) is 1. The molecule has 1 spiro atoms. The minimum atomic E-state index is -0.720. The fourth-order valence-corrected chi connectivity index (χ4v) is 9.90. The second-order valence-electron chi connectivity index (χ2n) is 15.2. The third-order valence-corrected chi connectivity index (χ3v) is 12.3. The highest BCUT2D eigenvalue weighted by atomic mass is 16.3. The van der Waals surface area contributed by atoms with E-state index in [0.29, 0.717) is 0 Å². The van der Waals surface area contributed by atoms with Crippen molar-refractivity contribution in [2.75, 3.05) is 4.90 Å². The van der Waals surface area contributed by atoms with E-state index in [1.165, 1.54) is 33.4 Å². The average molecular weight is 742 g/mol. The van der Waals surface area contributed by atoms with Gasteiger partial charge in [0.15, 0.2) is 0 Å². The summed E-state index contributed by atoms with van der Waals surface area (Å²) in [4.78, 5) is 2.49. The minimum Gasteiger partial charge on any atom is -0.456 e. The summed E-state index contributed by atoms with van der Waals surface area (Å²) in [7, 11) is 0. The van der Waals surface area contributed by atoms with E-state index in [0.717, 1.165) is 77.6 Å². The lowest BCUT2D eigenvalue weighted by Gasteiger charge is -2.39. The number of hydrogen-bond donors (Lipinski definition) is 0. The van der Waals surface area contributed by atoms with Crippen molar-refractivity contribution in [2.45, 2.75) is 5.41 Å². The Morgan fingerprint density at radius 2 is 1.07 bits per heavy atom. The molecule has 3 heteroatoms. The third kappa shape index (κ3) is 4.44. The summed E-state index contributed by atoms with van der Waals surface area (Å²) in [5.74, 6) is 0. The van der Waals surface area contributed by atoms with Crippen molar-refractivity contribution in [1.82, 2.24) is 0 Å². The van der Waals surface area contributed by atoms with Gasteiger partial charge in [0.25, 0.3) is 0 Å². The van der Waals surface area contributed by atoms with Gasteiger partial charge < -0.3 is 13.7 Å². The molecule has 2 aromatic heterocycles. The predicted octanol–water partition coefficient (Wildman–Crippen LogP) is 14.8. The normalized spacial score (nSPS) is 15.6. The molecule has 3 nitrogen and oxygen atoms in total. The summed E-state index contributed by atoms with van der Waals surface area (Å²) < 4.78 is 13.3. The molecule has 0 fully saturated rings. The number of anilines is 2. The first-order chi connectivity index (χ1) is 28.7. The molecule has 0 N–H and O–H groups in total. The van der Waals surface area contributed by atoms with E-state index >= 15 is 0 Å². The van der Waals surface area contributed by atoms with Crippen LogP contribution >= 0.6 is 0 Å². The molecule has 2 heterocycles. The molecular formula is C55H35NO2. The van der Waals surface area contributed by atoms with Gasteiger partial charge in [0.05, 0.1) is 11.1 Å². The van der Waals surface area contributed by atoms with Crippen LogP contribution in [0.1, 0.15) is 22.3 Å². The number of rotatable bonds is 6. The highest BCUT2D eigenvalue weighted by Crippen LogP contribution is 2.65. The Morgan fingerprint density at radius 3 is 1.84 bits per heavy atom. The van der Waals surface area contributed by atoms with Gasteiger partial charge >= 0.3 is 0 Å². The molecule has 2 aliphatic rings. The molecule has 2 aliphatic carbocycles. The molecule has 10 aromatic rings. The van der Waals surface area contributed by atoms with Crippen LogP contribution in [0.25, 0.3) is 71.7 Å². The van der Waals surface area contributed by atoms with Crippen molar-refractivity contribution in [1.29, 1.82) is 0 Å². The minimum absolute atomic E-state index is 0.720. The first-order valence-electron chi connectivity index (χ1n) is 19.8. The van der Waals surface area contributed by atoms with E-state index in [2.05, 4.69) is 187 Å². The van der Waals surface area contributed by atoms with Crippen LogP contribution in [-0.2, 0) is 5.41 Å². The van der Waals surface area contributed by atoms with E-state index in [4.69, 9.17) is 8.83 Å². The van der Waals surface area contributed by atoms with Gasteiger partial charge in [-0.15, -0.1) is 0 Å². The maximum Gasteiger partial charge on any atom is 0.143 e. The summed E-state index contributed by atoms with van der Waals surface area (Å²) in [5, 5.41) is 4.41. The number of furan rings is 2. The number of hydrogen-bond acceptors (Lipinski definition) is 3. The SMILES string of the molecule is C=C/C=C\C1=C(N(c2ccc(-c3ccccc3)cc2)c2ccc3oc4ccccc4c3c2)C2(c3ccccc31)c1ccccc1-c1c2ccc2c1oc1ccccc12. The van der Waals surface area contributed by atoms with Gasteiger partial charge in [-0.25, -0.2) is 0 Å². The third-order valence-electron chi connectivity index (χ3n) is 12.3. The zero-order valence-electron chi connectivity index (χ0n) is 31.5. The molecule has 8 aromatic carbocycles. The highest BCUT2D eigenvalue weighted by Gasteiger charge is 2.55. The number of allylic oxidation sites excluding steroid dienone is 5. The lowest BCUT2D eigenvalue weighted by atomic mass is 9.71. The number of para-hydroxylation sites is 2. The Balaban J connectivity index is 1.22. The summed E-state index contributed by atoms with van der Waals surface area (Å²) in [6.07, 6.45) is 6.18. The molecule has 0 saturated carbocycles. The van der Waals surface area contributed by atoms with Crippen LogP contribution in [-0.4, -0.2) is 0 Å². The monoisotopic (exact) mass is 741 g/mol. The second kappa shape index (κ2) is 12.4. The molecule has 0 bridgehead atoms. The Kier molecular flexibility index (Phi) is 6.99. The van der Waals surface area contributed by atoms with Gasteiger partial charge in [-0.3, -0.25) is 0 Å². The van der Waals surface area contributed by atoms with Gasteiger partial charge in [-0.1, -0.05) is 164 Å². The van der Waals surface area contributed by atoms with Gasteiger partial charge in [0.1, 0.15) is 22.3 Å². The van der Waals surface area contributed by atoms with Crippen molar-refractivity contribution in [3.05, 3.63) is 235 Å². The highest BCUT2D eigenvalue weighted by molar-refractivity contribution is 6.14. The number of fused-ring (bicyclic) bond motifs is 14. The lowest BCUT2D eigenvalue weighted by Crippen LogP contribution is -2.35. The lowest BCUT2D eigenvalue weighted by molar-refractivity contribution is 0.668. The van der Waals surface area contributed by atoms with Crippen LogP contribution in [0.3, 0.4) is 0 Å². The van der Waals surface area contributed by atoms with Crippen LogP contribution in [0.4, 0.5) is 11.4 Å².